The molecule has 10 amide bonds. The predicted octanol–water partition coefficient (Wildman–Crippen LogP) is 5.15. The zero-order valence-corrected chi connectivity index (χ0v) is 49.2. The number of amides is 10. The molecule has 2 saturated heterocycles. The zero-order chi connectivity index (χ0) is 60.8. The highest BCUT2D eigenvalue weighted by molar-refractivity contribution is 7.98. The van der Waals surface area contributed by atoms with Crippen molar-refractivity contribution in [1.29, 1.82) is 0 Å². The van der Waals surface area contributed by atoms with Gasteiger partial charge < -0.3 is 51.9 Å². The molecule has 4 heterocycles. The summed E-state index contributed by atoms with van der Waals surface area (Å²) in [6.45, 7) is 4.33. The number of nitrogens with two attached hydrogens (primary N) is 2. The van der Waals surface area contributed by atoms with Crippen molar-refractivity contribution < 1.29 is 51.9 Å². The van der Waals surface area contributed by atoms with Crippen LogP contribution in [-0.4, -0.2) is 141 Å². The van der Waals surface area contributed by atoms with Gasteiger partial charge in [0.25, 0.3) is 5.91 Å². The molecule has 0 radical (unpaired) electrons. The first-order valence-electron chi connectivity index (χ1n) is 28.1. The second kappa shape index (κ2) is 29.2. The maximum Gasteiger partial charge on any atom is 0.322 e. The molecule has 6 atom stereocenters. The Morgan fingerprint density at radius 3 is 1.99 bits per heavy atom. The number of methoxy groups -OCH3 is 1. The van der Waals surface area contributed by atoms with Crippen molar-refractivity contribution in [3.8, 4) is 5.75 Å². The molecule has 21 nitrogen and oxygen atoms in total. The van der Waals surface area contributed by atoms with Gasteiger partial charge in [-0.3, -0.25) is 44.7 Å². The Balaban J connectivity index is 0.867. The number of urea groups is 2. The van der Waals surface area contributed by atoms with Crippen molar-refractivity contribution in [3.63, 3.8) is 0 Å². The molecule has 2 aromatic heterocycles. The second-order valence-electron chi connectivity index (χ2n) is 21.5. The number of thioether (sulfide) groups is 2. The van der Waals surface area contributed by atoms with E-state index in [0.717, 1.165) is 22.6 Å². The molecule has 12 N–H and O–H groups in total. The van der Waals surface area contributed by atoms with Crippen LogP contribution in [-0.2, 0) is 59.5 Å². The Morgan fingerprint density at radius 1 is 0.741 bits per heavy atom. The number of rotatable bonds is 26. The van der Waals surface area contributed by atoms with E-state index >= 15 is 0 Å². The molecule has 2 aliphatic rings. The minimum absolute atomic E-state index is 0.0181. The van der Waals surface area contributed by atoms with E-state index < -0.39 is 83.2 Å². The van der Waals surface area contributed by atoms with Gasteiger partial charge >= 0.3 is 12.1 Å². The summed E-state index contributed by atoms with van der Waals surface area (Å²) >= 11 is 3.31. The van der Waals surface area contributed by atoms with Crippen LogP contribution in [0.15, 0.2) is 97.3 Å². The van der Waals surface area contributed by atoms with Crippen LogP contribution in [0.25, 0.3) is 21.8 Å². The van der Waals surface area contributed by atoms with Gasteiger partial charge in [-0.15, -0.1) is 0 Å². The number of aryl methyl sites for hydroxylation is 1. The molecule has 2 aliphatic heterocycles. The average Bonchev–Trinajstić information content (AvgIpc) is 4.43. The largest absolute Gasteiger partial charge is 0.497 e. The molecule has 0 aliphatic carbocycles. The van der Waals surface area contributed by atoms with Crippen LogP contribution in [0.3, 0.4) is 0 Å². The number of carbonyl (C=O) groups is 8. The summed E-state index contributed by atoms with van der Waals surface area (Å²) in [5, 5.41) is 17.2. The van der Waals surface area contributed by atoms with Gasteiger partial charge in [-0.25, -0.2) is 18.4 Å². The second-order valence-corrected chi connectivity index (χ2v) is 23.7. The van der Waals surface area contributed by atoms with Crippen LogP contribution >= 0.6 is 23.5 Å². The van der Waals surface area contributed by atoms with Crippen LogP contribution in [0, 0.1) is 11.6 Å². The third-order valence-corrected chi connectivity index (χ3v) is 17.3. The number of aromatic nitrogens is 2. The number of primary amides is 1. The van der Waals surface area contributed by atoms with Crippen molar-refractivity contribution in [2.45, 2.75) is 113 Å². The number of halogens is 2. The van der Waals surface area contributed by atoms with E-state index in [2.05, 4.69) is 48.7 Å². The number of hydrogen-bond acceptors (Lipinski definition) is 13. The summed E-state index contributed by atoms with van der Waals surface area (Å²) in [7, 11) is 1.54. The molecule has 2 fully saturated rings. The number of H-pyrrole nitrogens is 2. The minimum Gasteiger partial charge on any atom is -0.497 e. The Bertz CT molecular complexity index is 3380. The van der Waals surface area contributed by atoms with Crippen LogP contribution in [0.5, 0.6) is 5.75 Å². The maximum atomic E-state index is 14.8. The smallest absolute Gasteiger partial charge is 0.322 e. The molecular formula is C60H72F2N12O9S2. The predicted molar refractivity (Wildman–Crippen MR) is 322 cm³/mol. The minimum atomic E-state index is -1.26. The number of likely N-dealkylation sites (tertiary alicyclic amines) is 2. The number of aromatic amines is 2. The first-order chi connectivity index (χ1) is 40.7. The van der Waals surface area contributed by atoms with Crippen LogP contribution in [0.2, 0.25) is 0 Å². The summed E-state index contributed by atoms with van der Waals surface area (Å²) in [4.78, 5) is 116. The maximum absolute atomic E-state index is 14.8. The van der Waals surface area contributed by atoms with Crippen molar-refractivity contribution in [3.05, 3.63) is 137 Å². The third kappa shape index (κ3) is 17.1. The van der Waals surface area contributed by atoms with Crippen molar-refractivity contribution in [2.24, 2.45) is 11.5 Å². The van der Waals surface area contributed by atoms with Crippen molar-refractivity contribution >= 4 is 92.8 Å². The Hall–Kier alpha value is -8.00. The summed E-state index contributed by atoms with van der Waals surface area (Å²) in [6.07, 6.45) is 4.96. The zero-order valence-electron chi connectivity index (χ0n) is 47.5. The highest BCUT2D eigenvalue weighted by Gasteiger charge is 2.44. The standard InChI is InChI=1S/C60H72F2N12O9S2/c1-35(54(77)71-58(64)81)68-53(76)19-23-84-33-37-5-7-38(8-6-37)34-85-24-21-67-60(2)20-4-22-74(60)57(80)49(25-36-9-14-44(83-3)15-10-36)70-59(82)72-55(78)51-29-43(63)32-73(51)56(79)50(26-40-31-66-48-17-13-42(62)28-46(40)48)69-52(75)18-11-39-30-65-47-16-12-41(61)27-45(39)47/h5-10,12-17,27-28,30-31,35,43,49-51,65-67H,4,11,18-26,29,32-34,63H2,1-3H3,(H,68,76)(H,69,75)(H3,64,71,77,81)(H2,70,72,78,82)/t35-,43-,49-,50-,51-,60-/m0/s1. The van der Waals surface area contributed by atoms with Gasteiger partial charge in [0.2, 0.25) is 29.5 Å². The number of nitrogens with one attached hydrogen (secondary N) is 8. The van der Waals surface area contributed by atoms with Crippen LogP contribution in [0.4, 0.5) is 18.4 Å². The molecule has 0 bridgehead atoms. The molecular weight excluding hydrogens is 1130 g/mol. The van der Waals surface area contributed by atoms with Gasteiger partial charge in [-0.1, -0.05) is 36.4 Å². The van der Waals surface area contributed by atoms with Crippen LogP contribution in [0.1, 0.15) is 73.8 Å². The molecule has 452 valence electrons. The first kappa shape index (κ1) is 63.0. The molecule has 0 spiro atoms. The monoisotopic (exact) mass is 1210 g/mol. The molecule has 4 aromatic carbocycles. The number of hydrogen-bond donors (Lipinski definition) is 10. The fourth-order valence-corrected chi connectivity index (χ4v) is 12.4. The van der Waals surface area contributed by atoms with E-state index in [1.165, 1.54) is 43.2 Å². The van der Waals surface area contributed by atoms with E-state index in [-0.39, 0.29) is 56.9 Å². The number of carbonyl (C=O) groups excluding carboxylic acids is 8. The third-order valence-electron chi connectivity index (χ3n) is 15.2. The van der Waals surface area contributed by atoms with E-state index in [0.29, 0.717) is 81.7 Å². The first-order valence-corrected chi connectivity index (χ1v) is 30.4. The van der Waals surface area contributed by atoms with Gasteiger partial charge in [-0.2, -0.15) is 23.5 Å². The van der Waals surface area contributed by atoms with E-state index in [9.17, 15) is 47.1 Å². The lowest BCUT2D eigenvalue weighted by atomic mass is 10.0. The number of imide groups is 2. The number of ether oxygens (including phenoxy) is 1. The number of nitrogens with zero attached hydrogens (tertiary/aromatic N) is 2. The van der Waals surface area contributed by atoms with Gasteiger partial charge in [0.15, 0.2) is 0 Å². The van der Waals surface area contributed by atoms with Gasteiger partial charge in [-0.05, 0) is 116 Å². The Kier molecular flexibility index (Phi) is 21.7. The summed E-state index contributed by atoms with van der Waals surface area (Å²) in [5.41, 5.74) is 16.1. The van der Waals surface area contributed by atoms with Crippen molar-refractivity contribution in [1.82, 2.24) is 51.7 Å². The lowest BCUT2D eigenvalue weighted by Gasteiger charge is -2.38. The lowest BCUT2D eigenvalue weighted by molar-refractivity contribution is -0.141. The summed E-state index contributed by atoms with van der Waals surface area (Å²) in [6, 6.07) is 16.6. The Morgan fingerprint density at radius 2 is 1.34 bits per heavy atom. The highest BCUT2D eigenvalue weighted by Crippen LogP contribution is 2.29. The quantitative estimate of drug-likeness (QED) is 0.0315. The molecule has 6 aromatic rings. The van der Waals surface area contributed by atoms with Gasteiger partial charge in [0.1, 0.15) is 41.6 Å². The van der Waals surface area contributed by atoms with Crippen LogP contribution < -0.4 is 48.1 Å². The van der Waals surface area contributed by atoms with Gasteiger partial charge in [0.05, 0.1) is 12.8 Å². The number of benzene rings is 4. The van der Waals surface area contributed by atoms with E-state index in [4.69, 9.17) is 16.2 Å². The molecule has 0 saturated carbocycles. The normalized spacial score (nSPS) is 17.7. The van der Waals surface area contributed by atoms with Crippen molar-refractivity contribution in [2.75, 3.05) is 38.2 Å². The lowest BCUT2D eigenvalue weighted by Crippen LogP contribution is -2.61. The molecule has 8 rings (SSSR count). The average molecular weight is 1210 g/mol. The fraction of sp³-hybridized carbons (Fsp3) is 0.400. The molecule has 85 heavy (non-hydrogen) atoms. The SMILES string of the molecule is COc1ccc(C[C@H](NC(=O)NC(=O)[C@@H]2C[C@H](N)CN2C(=O)[C@H](Cc2c[nH]c3ccc(F)cc23)NC(=O)CCc2c[nH]c3ccc(F)cc23)C(=O)N2CCC[C@@]2(C)NCCSCc2ccc(CSCCC(=O)N[C@@H](C)C(=O)NC(N)=O)cc2)cc1. The van der Waals surface area contributed by atoms with E-state index in [1.807, 2.05) is 24.4 Å². The van der Waals surface area contributed by atoms with Gasteiger partial charge in [0, 0.05) is 109 Å². The van der Waals surface area contributed by atoms with E-state index in [1.54, 1.807) is 77.2 Å². The molecule has 25 heteroatoms. The number of fused-ring (bicyclic) bond motifs is 2. The topological polar surface area (TPSA) is 308 Å². The summed E-state index contributed by atoms with van der Waals surface area (Å²) in [5.74, 6) is -0.993. The Labute approximate surface area is 499 Å². The highest BCUT2D eigenvalue weighted by atomic mass is 32.2. The fourth-order valence-electron chi connectivity index (χ4n) is 10.7. The summed E-state index contributed by atoms with van der Waals surface area (Å²) < 4.78 is 34.1. The molecule has 0 unspecified atom stereocenters.